The molecule has 0 saturated carbocycles. The molecule has 3 N–H and O–H groups in total. The van der Waals surface area contributed by atoms with E-state index >= 15 is 0 Å². The Bertz CT molecular complexity index is 515. The van der Waals surface area contributed by atoms with Crippen LogP contribution < -0.4 is 20.5 Å². The predicted octanol–water partition coefficient (Wildman–Crippen LogP) is 1.23. The van der Waals surface area contributed by atoms with Gasteiger partial charge in [0.05, 0.1) is 25.5 Å². The van der Waals surface area contributed by atoms with Crippen molar-refractivity contribution in [2.75, 3.05) is 39.2 Å². The number of likely N-dealkylation sites (N-methyl/N-ethyl adjacent to an activating group) is 1. The van der Waals surface area contributed by atoms with Crippen molar-refractivity contribution < 1.29 is 23.7 Å². The number of carbonyl (C=O) groups is 1. The lowest BCUT2D eigenvalue weighted by molar-refractivity contribution is -0.183. The Labute approximate surface area is 129 Å². The van der Waals surface area contributed by atoms with Crippen molar-refractivity contribution in [1.29, 1.82) is 0 Å². The fraction of sp³-hybridized carbons (Fsp3) is 0.533. The molecule has 1 amide bonds. The van der Waals surface area contributed by atoms with Gasteiger partial charge < -0.3 is 30.0 Å². The number of nitrogens with one attached hydrogen (secondary N) is 1. The minimum Gasteiger partial charge on any atom is -0.490 e. The standard InChI is InChI=1S/C15H22N2O5/c1-3-19-12-8-10(15-20-5-4-6-21-15)7-11(16)14(12)22-9-13(18)17-2/h7-8,15H,3-6,9,16H2,1-2H3,(H,17,18). The van der Waals surface area contributed by atoms with E-state index in [2.05, 4.69) is 5.32 Å². The smallest absolute Gasteiger partial charge is 0.257 e. The molecule has 22 heavy (non-hydrogen) atoms. The second kappa shape index (κ2) is 7.86. The molecule has 0 spiro atoms. The molecular formula is C15H22N2O5. The maximum Gasteiger partial charge on any atom is 0.257 e. The lowest BCUT2D eigenvalue weighted by Crippen LogP contribution is -2.25. The van der Waals surface area contributed by atoms with Crippen molar-refractivity contribution in [3.05, 3.63) is 17.7 Å². The Morgan fingerprint density at radius 1 is 1.36 bits per heavy atom. The van der Waals surface area contributed by atoms with Gasteiger partial charge in [0.2, 0.25) is 0 Å². The van der Waals surface area contributed by atoms with E-state index in [4.69, 9.17) is 24.7 Å². The second-order valence-corrected chi connectivity index (χ2v) is 4.76. The molecule has 1 aliphatic heterocycles. The van der Waals surface area contributed by atoms with Gasteiger partial charge in [0.1, 0.15) is 0 Å². The summed E-state index contributed by atoms with van der Waals surface area (Å²) in [4.78, 5) is 11.3. The first-order valence-electron chi connectivity index (χ1n) is 7.28. The van der Waals surface area contributed by atoms with Crippen LogP contribution in [-0.4, -0.2) is 39.4 Å². The second-order valence-electron chi connectivity index (χ2n) is 4.76. The Morgan fingerprint density at radius 2 is 2.09 bits per heavy atom. The molecule has 2 rings (SSSR count). The summed E-state index contributed by atoms with van der Waals surface area (Å²) in [5.41, 5.74) is 7.19. The number of hydrogen-bond donors (Lipinski definition) is 2. The zero-order chi connectivity index (χ0) is 15.9. The number of nitrogen functional groups attached to an aromatic ring is 1. The van der Waals surface area contributed by atoms with Crippen LogP contribution in [0, 0.1) is 0 Å². The number of carbonyl (C=O) groups excluding carboxylic acids is 1. The molecular weight excluding hydrogens is 288 g/mol. The molecule has 1 heterocycles. The topological polar surface area (TPSA) is 92.0 Å². The zero-order valence-corrected chi connectivity index (χ0v) is 12.9. The summed E-state index contributed by atoms with van der Waals surface area (Å²) in [7, 11) is 1.54. The summed E-state index contributed by atoms with van der Waals surface area (Å²) in [5.74, 6) is 0.578. The molecule has 0 atom stereocenters. The number of nitrogens with two attached hydrogens (primary N) is 1. The Kier molecular flexibility index (Phi) is 5.85. The summed E-state index contributed by atoms with van der Waals surface area (Å²) in [5, 5.41) is 2.48. The maximum atomic E-state index is 11.3. The highest BCUT2D eigenvalue weighted by molar-refractivity contribution is 5.77. The average molecular weight is 310 g/mol. The van der Waals surface area contributed by atoms with E-state index in [0.29, 0.717) is 37.0 Å². The van der Waals surface area contributed by atoms with Crippen LogP contribution in [0.5, 0.6) is 11.5 Å². The van der Waals surface area contributed by atoms with Crippen molar-refractivity contribution in [2.24, 2.45) is 0 Å². The molecule has 1 aliphatic rings. The van der Waals surface area contributed by atoms with Crippen molar-refractivity contribution >= 4 is 11.6 Å². The number of amides is 1. The molecule has 1 saturated heterocycles. The molecule has 0 bridgehead atoms. The van der Waals surface area contributed by atoms with Gasteiger partial charge in [-0.2, -0.15) is 0 Å². The summed E-state index contributed by atoms with van der Waals surface area (Å²) < 4.78 is 22.2. The normalized spacial score (nSPS) is 15.4. The molecule has 122 valence electrons. The van der Waals surface area contributed by atoms with Crippen molar-refractivity contribution in [3.63, 3.8) is 0 Å². The highest BCUT2D eigenvalue weighted by Gasteiger charge is 2.21. The molecule has 0 aromatic heterocycles. The number of benzene rings is 1. The lowest BCUT2D eigenvalue weighted by atomic mass is 10.1. The molecule has 1 aromatic carbocycles. The summed E-state index contributed by atoms with van der Waals surface area (Å²) in [6.45, 7) is 3.47. The summed E-state index contributed by atoms with van der Waals surface area (Å²) in [6, 6.07) is 3.49. The first kappa shape index (κ1) is 16.4. The molecule has 1 fully saturated rings. The van der Waals surface area contributed by atoms with Crippen molar-refractivity contribution in [3.8, 4) is 11.5 Å². The molecule has 0 aliphatic carbocycles. The minimum absolute atomic E-state index is 0.128. The van der Waals surface area contributed by atoms with Crippen LogP contribution in [-0.2, 0) is 14.3 Å². The van der Waals surface area contributed by atoms with Crippen LogP contribution in [0.25, 0.3) is 0 Å². The van der Waals surface area contributed by atoms with Gasteiger partial charge in [-0.05, 0) is 25.5 Å². The SMILES string of the molecule is CCOc1cc(C2OCCCO2)cc(N)c1OCC(=O)NC. The molecule has 0 radical (unpaired) electrons. The highest BCUT2D eigenvalue weighted by atomic mass is 16.7. The maximum absolute atomic E-state index is 11.3. The highest BCUT2D eigenvalue weighted by Crippen LogP contribution is 2.38. The van der Waals surface area contributed by atoms with E-state index in [-0.39, 0.29) is 12.5 Å². The fourth-order valence-corrected chi connectivity index (χ4v) is 2.09. The zero-order valence-electron chi connectivity index (χ0n) is 12.9. The molecule has 7 heteroatoms. The fourth-order valence-electron chi connectivity index (χ4n) is 2.09. The molecule has 1 aromatic rings. The average Bonchev–Trinajstić information content (AvgIpc) is 2.54. The van der Waals surface area contributed by atoms with E-state index in [1.165, 1.54) is 0 Å². The third-order valence-corrected chi connectivity index (χ3v) is 3.13. The van der Waals surface area contributed by atoms with Gasteiger partial charge in [0.15, 0.2) is 24.4 Å². The van der Waals surface area contributed by atoms with E-state index in [0.717, 1.165) is 12.0 Å². The van der Waals surface area contributed by atoms with Gasteiger partial charge in [0, 0.05) is 12.6 Å². The third kappa shape index (κ3) is 4.02. The van der Waals surface area contributed by atoms with Gasteiger partial charge >= 0.3 is 0 Å². The van der Waals surface area contributed by atoms with Crippen LogP contribution in [0.1, 0.15) is 25.2 Å². The Balaban J connectivity index is 2.22. The number of rotatable bonds is 6. The number of anilines is 1. The van der Waals surface area contributed by atoms with Crippen LogP contribution in [0.15, 0.2) is 12.1 Å². The van der Waals surface area contributed by atoms with Crippen molar-refractivity contribution in [1.82, 2.24) is 5.32 Å². The van der Waals surface area contributed by atoms with Crippen LogP contribution >= 0.6 is 0 Å². The van der Waals surface area contributed by atoms with Crippen LogP contribution in [0.2, 0.25) is 0 Å². The summed E-state index contributed by atoms with van der Waals surface area (Å²) >= 11 is 0. The van der Waals surface area contributed by atoms with E-state index < -0.39 is 6.29 Å². The Hall–Kier alpha value is -1.99. The van der Waals surface area contributed by atoms with Crippen LogP contribution in [0.3, 0.4) is 0 Å². The van der Waals surface area contributed by atoms with E-state index in [1.54, 1.807) is 19.2 Å². The number of hydrogen-bond acceptors (Lipinski definition) is 6. The largest absolute Gasteiger partial charge is 0.490 e. The summed E-state index contributed by atoms with van der Waals surface area (Å²) in [6.07, 6.45) is 0.417. The quantitative estimate of drug-likeness (QED) is 0.768. The predicted molar refractivity (Wildman–Crippen MR) is 80.8 cm³/mol. The van der Waals surface area contributed by atoms with Gasteiger partial charge in [-0.15, -0.1) is 0 Å². The van der Waals surface area contributed by atoms with Gasteiger partial charge in [-0.3, -0.25) is 4.79 Å². The molecule has 0 unspecified atom stereocenters. The van der Waals surface area contributed by atoms with Crippen molar-refractivity contribution in [2.45, 2.75) is 19.6 Å². The Morgan fingerprint density at radius 3 is 2.73 bits per heavy atom. The van der Waals surface area contributed by atoms with Gasteiger partial charge in [-0.25, -0.2) is 0 Å². The first-order valence-corrected chi connectivity index (χ1v) is 7.28. The first-order chi connectivity index (χ1) is 10.7. The molecule has 7 nitrogen and oxygen atoms in total. The van der Waals surface area contributed by atoms with Gasteiger partial charge in [-0.1, -0.05) is 0 Å². The lowest BCUT2D eigenvalue weighted by Gasteiger charge is -2.25. The number of ether oxygens (including phenoxy) is 4. The van der Waals surface area contributed by atoms with E-state index in [9.17, 15) is 4.79 Å². The monoisotopic (exact) mass is 310 g/mol. The minimum atomic E-state index is -0.455. The van der Waals surface area contributed by atoms with E-state index in [1.807, 2.05) is 6.92 Å². The van der Waals surface area contributed by atoms with Gasteiger partial charge in [0.25, 0.3) is 5.91 Å². The third-order valence-electron chi connectivity index (χ3n) is 3.13. The van der Waals surface area contributed by atoms with Crippen LogP contribution in [0.4, 0.5) is 5.69 Å².